The van der Waals surface area contributed by atoms with Crippen LogP contribution in [0.15, 0.2) is 42.9 Å². The van der Waals surface area contributed by atoms with Crippen molar-refractivity contribution >= 4 is 5.95 Å². The fraction of sp³-hybridized carbons (Fsp3) is 0.435. The molecule has 1 unspecified atom stereocenters. The Bertz CT molecular complexity index is 1040. The van der Waals surface area contributed by atoms with Crippen molar-refractivity contribution in [3.63, 3.8) is 0 Å². The summed E-state index contributed by atoms with van der Waals surface area (Å²) in [5.74, 6) is 0.474. The molecule has 2 aromatic heterocycles. The molecule has 9 heteroatoms. The molecule has 1 aliphatic rings. The molecule has 0 radical (unpaired) electrons. The van der Waals surface area contributed by atoms with Crippen LogP contribution in [0.25, 0.3) is 22.6 Å². The maximum atomic E-state index is 13.6. The van der Waals surface area contributed by atoms with E-state index in [1.807, 2.05) is 0 Å². The molecule has 1 N–H and O–H groups in total. The number of nitrogens with one attached hydrogen (secondary N) is 1. The summed E-state index contributed by atoms with van der Waals surface area (Å²) in [6, 6.07) is 5.24. The normalized spacial score (nSPS) is 16.2. The van der Waals surface area contributed by atoms with Gasteiger partial charge in [-0.25, -0.2) is 19.3 Å². The third kappa shape index (κ3) is 4.92. The van der Waals surface area contributed by atoms with E-state index in [2.05, 4.69) is 20.3 Å². The second-order valence-corrected chi connectivity index (χ2v) is 8.22. The van der Waals surface area contributed by atoms with Crippen LogP contribution in [0.5, 0.6) is 0 Å². The van der Waals surface area contributed by atoms with E-state index in [1.165, 1.54) is 49.7 Å². The van der Waals surface area contributed by atoms with Crippen LogP contribution in [0.3, 0.4) is 0 Å². The van der Waals surface area contributed by atoms with Crippen molar-refractivity contribution in [1.82, 2.24) is 19.5 Å². The first-order chi connectivity index (χ1) is 15.3. The lowest BCUT2D eigenvalue weighted by molar-refractivity contribution is -0.162. The number of rotatable bonds is 6. The van der Waals surface area contributed by atoms with Crippen LogP contribution in [0.4, 0.5) is 23.5 Å². The molecule has 2 heterocycles. The van der Waals surface area contributed by atoms with Gasteiger partial charge in [0.1, 0.15) is 11.9 Å². The van der Waals surface area contributed by atoms with Gasteiger partial charge in [-0.2, -0.15) is 13.2 Å². The number of halogens is 4. The summed E-state index contributed by atoms with van der Waals surface area (Å²) in [6.45, 7) is 1.80. The lowest BCUT2D eigenvalue weighted by atomic mass is 9.89. The quantitative estimate of drug-likeness (QED) is 0.453. The molecule has 5 nitrogen and oxygen atoms in total. The Hall–Kier alpha value is -2.97. The third-order valence-electron chi connectivity index (χ3n) is 5.97. The molecule has 0 aliphatic heterocycles. The molecule has 0 amide bonds. The van der Waals surface area contributed by atoms with Gasteiger partial charge >= 0.3 is 6.18 Å². The lowest BCUT2D eigenvalue weighted by Gasteiger charge is -2.22. The van der Waals surface area contributed by atoms with Crippen molar-refractivity contribution in [2.75, 3.05) is 11.9 Å². The van der Waals surface area contributed by atoms with Crippen LogP contribution in [-0.2, 0) is 0 Å². The highest BCUT2D eigenvalue weighted by Gasteiger charge is 2.39. The van der Waals surface area contributed by atoms with Gasteiger partial charge in [-0.05, 0) is 56.0 Å². The number of hydrogen-bond donors (Lipinski definition) is 1. The number of imidazole rings is 1. The zero-order valence-corrected chi connectivity index (χ0v) is 17.7. The number of nitrogens with zero attached hydrogens (tertiary/aromatic N) is 4. The van der Waals surface area contributed by atoms with E-state index in [9.17, 15) is 17.6 Å². The van der Waals surface area contributed by atoms with Gasteiger partial charge in [0, 0.05) is 18.3 Å². The Morgan fingerprint density at radius 2 is 1.78 bits per heavy atom. The minimum atomic E-state index is -4.47. The Balaban J connectivity index is 1.70. The van der Waals surface area contributed by atoms with E-state index in [4.69, 9.17) is 0 Å². The maximum absolute atomic E-state index is 13.6. The lowest BCUT2D eigenvalue weighted by Crippen LogP contribution is -2.24. The summed E-state index contributed by atoms with van der Waals surface area (Å²) in [5.41, 5.74) is 1.34. The second-order valence-electron chi connectivity index (χ2n) is 8.22. The van der Waals surface area contributed by atoms with Crippen molar-refractivity contribution in [1.29, 1.82) is 0 Å². The van der Waals surface area contributed by atoms with Crippen LogP contribution in [0.1, 0.15) is 45.1 Å². The molecule has 1 aliphatic carbocycles. The van der Waals surface area contributed by atoms with E-state index in [0.717, 1.165) is 37.2 Å². The summed E-state index contributed by atoms with van der Waals surface area (Å²) in [5, 5.41) is 3.24. The Morgan fingerprint density at radius 3 is 2.47 bits per heavy atom. The van der Waals surface area contributed by atoms with Crippen LogP contribution in [0, 0.1) is 11.7 Å². The SMILES string of the molecule is CC(n1cnc(-c2ccc(F)cc2)c1-c1ccnc(NCC2CCCCC2)n1)C(F)(F)F. The average molecular weight is 447 g/mol. The van der Waals surface area contributed by atoms with E-state index in [0.29, 0.717) is 28.8 Å². The number of benzene rings is 1. The van der Waals surface area contributed by atoms with Gasteiger partial charge in [0.15, 0.2) is 0 Å². The van der Waals surface area contributed by atoms with E-state index in [-0.39, 0.29) is 5.69 Å². The van der Waals surface area contributed by atoms with E-state index < -0.39 is 18.0 Å². The molecule has 1 saturated carbocycles. The smallest absolute Gasteiger partial charge is 0.354 e. The highest BCUT2D eigenvalue weighted by molar-refractivity contribution is 5.77. The summed E-state index contributed by atoms with van der Waals surface area (Å²) < 4.78 is 55.1. The molecule has 1 fully saturated rings. The fourth-order valence-corrected chi connectivity index (χ4v) is 4.09. The zero-order chi connectivity index (χ0) is 22.7. The molecular formula is C23H25F4N5. The Kier molecular flexibility index (Phi) is 6.43. The van der Waals surface area contributed by atoms with Gasteiger partial charge in [-0.15, -0.1) is 0 Å². The number of aromatic nitrogens is 4. The zero-order valence-electron chi connectivity index (χ0n) is 17.7. The average Bonchev–Trinajstić information content (AvgIpc) is 3.23. The number of alkyl halides is 3. The van der Waals surface area contributed by atoms with Crippen molar-refractivity contribution in [3.05, 3.63) is 48.7 Å². The molecule has 0 bridgehead atoms. The first-order valence-electron chi connectivity index (χ1n) is 10.8. The fourth-order valence-electron chi connectivity index (χ4n) is 4.09. The third-order valence-corrected chi connectivity index (χ3v) is 5.97. The highest BCUT2D eigenvalue weighted by Crippen LogP contribution is 2.38. The second kappa shape index (κ2) is 9.26. The highest BCUT2D eigenvalue weighted by atomic mass is 19.4. The largest absolute Gasteiger partial charge is 0.408 e. The summed E-state index contributed by atoms with van der Waals surface area (Å²) in [6.07, 6.45) is 4.19. The molecule has 1 aromatic carbocycles. The Labute approximate surface area is 183 Å². The van der Waals surface area contributed by atoms with Gasteiger partial charge in [-0.3, -0.25) is 0 Å². The van der Waals surface area contributed by atoms with Gasteiger partial charge in [0.2, 0.25) is 5.95 Å². The summed E-state index contributed by atoms with van der Waals surface area (Å²) >= 11 is 0. The van der Waals surface area contributed by atoms with Crippen LogP contribution < -0.4 is 5.32 Å². The van der Waals surface area contributed by atoms with Gasteiger partial charge in [0.05, 0.1) is 23.4 Å². The molecule has 4 rings (SSSR count). The summed E-state index contributed by atoms with van der Waals surface area (Å²) in [7, 11) is 0. The molecule has 3 aromatic rings. The monoisotopic (exact) mass is 447 g/mol. The molecule has 170 valence electrons. The summed E-state index contributed by atoms with van der Waals surface area (Å²) in [4.78, 5) is 13.0. The van der Waals surface area contributed by atoms with Crippen molar-refractivity contribution in [2.45, 2.75) is 51.2 Å². The molecule has 0 saturated heterocycles. The predicted octanol–water partition coefficient (Wildman–Crippen LogP) is 6.26. The minimum absolute atomic E-state index is 0.213. The number of anilines is 1. The topological polar surface area (TPSA) is 55.6 Å². The first-order valence-corrected chi connectivity index (χ1v) is 10.8. The van der Waals surface area contributed by atoms with Crippen LogP contribution in [0.2, 0.25) is 0 Å². The van der Waals surface area contributed by atoms with Crippen LogP contribution in [-0.4, -0.2) is 32.2 Å². The number of hydrogen-bond acceptors (Lipinski definition) is 4. The van der Waals surface area contributed by atoms with Gasteiger partial charge in [-0.1, -0.05) is 19.3 Å². The van der Waals surface area contributed by atoms with Crippen molar-refractivity contribution in [3.8, 4) is 22.6 Å². The standard InChI is InChI=1S/C23H25F4N5/c1-15(23(25,26)27)32-14-30-20(17-7-9-18(24)10-8-17)21(32)19-11-12-28-22(31-19)29-13-16-5-3-2-4-6-16/h7-12,14-16H,2-6,13H2,1H3,(H,28,29,31). The predicted molar refractivity (Wildman–Crippen MR) is 114 cm³/mol. The first kappa shape index (κ1) is 22.2. The van der Waals surface area contributed by atoms with Gasteiger partial charge in [0.25, 0.3) is 0 Å². The van der Waals surface area contributed by atoms with Crippen molar-refractivity contribution in [2.24, 2.45) is 5.92 Å². The Morgan fingerprint density at radius 1 is 1.06 bits per heavy atom. The van der Waals surface area contributed by atoms with E-state index in [1.54, 1.807) is 6.07 Å². The molecule has 32 heavy (non-hydrogen) atoms. The van der Waals surface area contributed by atoms with E-state index >= 15 is 0 Å². The van der Waals surface area contributed by atoms with Crippen LogP contribution >= 0.6 is 0 Å². The minimum Gasteiger partial charge on any atom is -0.354 e. The molecule has 1 atom stereocenters. The van der Waals surface area contributed by atoms with Gasteiger partial charge < -0.3 is 9.88 Å². The molecule has 0 spiro atoms. The molecular weight excluding hydrogens is 422 g/mol. The maximum Gasteiger partial charge on any atom is 0.408 e. The van der Waals surface area contributed by atoms with Crippen molar-refractivity contribution < 1.29 is 17.6 Å².